The average molecular weight is 575 g/mol. The number of allylic oxidation sites excluding steroid dienone is 2. The van der Waals surface area contributed by atoms with Crippen LogP contribution in [-0.2, 0) is 19.2 Å². The summed E-state index contributed by atoms with van der Waals surface area (Å²) in [5.74, 6) is -0.481. The standard InChI is InChI=1S/C22H26N10O5S2/c1-37-29-15(12-10-39-22(24)26-12)18(33)27-16-19(34)32-17(21(35)36)11(9-38-20(16)32)8-30-6-7-31-14(30)3-2-13(28-31)25-5-4-23/h2-3,6-7,10,16,20,25,28H,4-5,8-9,23H2,1H3,(H2,24,26)(H,27,33)(H,35,36)/b29-15-/t16-,20+/m1/s1. The predicted octanol–water partition coefficient (Wildman–Crippen LogP) is -1.35. The molecule has 17 heteroatoms. The molecule has 0 saturated carbocycles. The minimum absolute atomic E-state index is 0.0793. The molecule has 0 bridgehead atoms. The summed E-state index contributed by atoms with van der Waals surface area (Å²) < 4.78 is 0. The molecule has 4 aliphatic rings. The van der Waals surface area contributed by atoms with Crippen molar-refractivity contribution >= 4 is 51.7 Å². The minimum Gasteiger partial charge on any atom is -0.477 e. The molecule has 206 valence electrons. The lowest BCUT2D eigenvalue weighted by molar-refractivity contribution is -0.150. The van der Waals surface area contributed by atoms with Crippen LogP contribution in [0.1, 0.15) is 5.69 Å². The van der Waals surface area contributed by atoms with E-state index < -0.39 is 29.2 Å². The first-order valence-corrected chi connectivity index (χ1v) is 13.7. The highest BCUT2D eigenvalue weighted by Crippen LogP contribution is 2.41. The van der Waals surface area contributed by atoms with Gasteiger partial charge in [0, 0.05) is 43.2 Å². The third-order valence-electron chi connectivity index (χ3n) is 6.10. The summed E-state index contributed by atoms with van der Waals surface area (Å²) in [5.41, 5.74) is 15.0. The Kier molecular flexibility index (Phi) is 7.36. The minimum atomic E-state index is -1.21. The van der Waals surface area contributed by atoms with Crippen molar-refractivity contribution < 1.29 is 24.3 Å². The number of β-lactam (4-membered cyclic amide) rings is 1. The van der Waals surface area contributed by atoms with Gasteiger partial charge in [-0.2, -0.15) is 0 Å². The van der Waals surface area contributed by atoms with Gasteiger partial charge in [-0.25, -0.2) is 14.8 Å². The number of carboxylic acids is 1. The van der Waals surface area contributed by atoms with Gasteiger partial charge >= 0.3 is 5.97 Å². The maximum atomic E-state index is 13.1. The normalized spacial score (nSPS) is 21.9. The second-order valence-corrected chi connectivity index (χ2v) is 10.5. The molecular formula is C22H26N10O5S2. The maximum absolute atomic E-state index is 13.1. The Morgan fingerprint density at radius 3 is 2.87 bits per heavy atom. The van der Waals surface area contributed by atoms with Crippen LogP contribution in [0.25, 0.3) is 0 Å². The second kappa shape index (κ2) is 10.9. The average Bonchev–Trinajstić information content (AvgIpc) is 3.54. The zero-order valence-electron chi connectivity index (χ0n) is 20.7. The van der Waals surface area contributed by atoms with Crippen LogP contribution >= 0.6 is 23.1 Å². The van der Waals surface area contributed by atoms with Crippen LogP contribution < -0.4 is 27.5 Å². The van der Waals surface area contributed by atoms with E-state index in [1.807, 2.05) is 29.5 Å². The van der Waals surface area contributed by atoms with E-state index in [2.05, 4.69) is 26.2 Å². The number of carboxylic acid groups (broad SMARTS) is 1. The number of aliphatic carboxylic acids is 1. The number of carbonyl (C=O) groups excluding carboxylic acids is 2. The van der Waals surface area contributed by atoms with E-state index in [9.17, 15) is 19.5 Å². The van der Waals surface area contributed by atoms with Gasteiger partial charge in [-0.15, -0.1) is 23.1 Å². The Labute approximate surface area is 230 Å². The Balaban J connectivity index is 1.30. The van der Waals surface area contributed by atoms with Crippen LogP contribution in [0.5, 0.6) is 0 Å². The molecule has 1 aromatic heterocycles. The summed E-state index contributed by atoms with van der Waals surface area (Å²) in [6.07, 6.45) is 7.40. The summed E-state index contributed by atoms with van der Waals surface area (Å²) in [6, 6.07) is -0.937. The molecule has 0 radical (unpaired) electrons. The summed E-state index contributed by atoms with van der Waals surface area (Å²) in [7, 11) is 1.28. The fourth-order valence-electron chi connectivity index (χ4n) is 4.39. The number of thiazole rings is 1. The number of fused-ring (bicyclic) bond motifs is 2. The first-order chi connectivity index (χ1) is 18.8. The highest BCUT2D eigenvalue weighted by Gasteiger charge is 2.54. The molecule has 2 atom stereocenters. The monoisotopic (exact) mass is 574 g/mol. The molecule has 1 aromatic rings. The zero-order valence-corrected chi connectivity index (χ0v) is 22.3. The lowest BCUT2D eigenvalue weighted by Crippen LogP contribution is -2.71. The molecule has 1 fully saturated rings. The summed E-state index contributed by atoms with van der Waals surface area (Å²) in [5, 5.41) is 22.6. The molecule has 8 N–H and O–H groups in total. The fourth-order valence-corrected chi connectivity index (χ4v) is 6.27. The lowest BCUT2D eigenvalue weighted by Gasteiger charge is -2.49. The van der Waals surface area contributed by atoms with Crippen molar-refractivity contribution in [2.24, 2.45) is 10.9 Å². The van der Waals surface area contributed by atoms with Crippen molar-refractivity contribution in [1.29, 1.82) is 0 Å². The molecule has 39 heavy (non-hydrogen) atoms. The van der Waals surface area contributed by atoms with Crippen molar-refractivity contribution in [2.45, 2.75) is 11.4 Å². The van der Waals surface area contributed by atoms with Crippen molar-refractivity contribution in [2.75, 3.05) is 38.2 Å². The predicted molar refractivity (Wildman–Crippen MR) is 144 cm³/mol. The second-order valence-electron chi connectivity index (χ2n) is 8.54. The van der Waals surface area contributed by atoms with Crippen molar-refractivity contribution in [1.82, 2.24) is 35.9 Å². The van der Waals surface area contributed by atoms with Gasteiger partial charge in [0.1, 0.15) is 41.6 Å². The van der Waals surface area contributed by atoms with Crippen LogP contribution in [0, 0.1) is 0 Å². The number of thioether (sulfide) groups is 1. The van der Waals surface area contributed by atoms with Crippen molar-refractivity contribution in [3.63, 3.8) is 0 Å². The first-order valence-electron chi connectivity index (χ1n) is 11.7. The molecule has 0 unspecified atom stereocenters. The number of amides is 2. The van der Waals surface area contributed by atoms with E-state index in [0.717, 1.165) is 23.0 Å². The number of nitrogens with one attached hydrogen (secondary N) is 3. The number of hydrazine groups is 1. The molecule has 15 nitrogen and oxygen atoms in total. The molecule has 2 amide bonds. The Hall–Kier alpha value is -4.22. The number of aromatic nitrogens is 1. The topological polar surface area (TPSA) is 204 Å². The lowest BCUT2D eigenvalue weighted by atomic mass is 10.0. The van der Waals surface area contributed by atoms with E-state index in [1.165, 1.54) is 23.8 Å². The number of carbonyl (C=O) groups is 3. The molecular weight excluding hydrogens is 548 g/mol. The number of nitrogens with zero attached hydrogens (tertiary/aromatic N) is 5. The largest absolute Gasteiger partial charge is 0.477 e. The number of nitrogen functional groups attached to an aromatic ring is 1. The van der Waals surface area contributed by atoms with Gasteiger partial charge in [0.2, 0.25) is 0 Å². The fraction of sp³-hybridized carbons (Fsp3) is 0.318. The third-order valence-corrected chi connectivity index (χ3v) is 8.11. The van der Waals surface area contributed by atoms with E-state index in [4.69, 9.17) is 16.3 Å². The van der Waals surface area contributed by atoms with E-state index in [-0.39, 0.29) is 28.8 Å². The number of oxime groups is 1. The number of anilines is 1. The van der Waals surface area contributed by atoms with Crippen LogP contribution in [0.15, 0.2) is 58.0 Å². The van der Waals surface area contributed by atoms with E-state index in [1.54, 1.807) is 10.4 Å². The van der Waals surface area contributed by atoms with E-state index >= 15 is 0 Å². The summed E-state index contributed by atoms with van der Waals surface area (Å²) in [6.45, 7) is 1.37. The Bertz CT molecular complexity index is 1350. The SMILES string of the molecule is CO/N=C(\C(=O)N[C@@H]1C(=O)N2C(C(=O)O)=C(CN3C=CN4NC(NCCN)=CC=C34)CS[C@@H]12)c1csc(N)n1. The van der Waals surface area contributed by atoms with E-state index in [0.29, 0.717) is 24.4 Å². The molecule has 1 saturated heterocycles. The first kappa shape index (κ1) is 26.4. The molecule has 0 aliphatic carbocycles. The number of hydrogen-bond acceptors (Lipinski definition) is 14. The van der Waals surface area contributed by atoms with Crippen molar-refractivity contribution in [3.8, 4) is 0 Å². The van der Waals surface area contributed by atoms with Gasteiger partial charge in [0.05, 0.1) is 0 Å². The molecule has 4 aliphatic heterocycles. The smallest absolute Gasteiger partial charge is 0.352 e. The summed E-state index contributed by atoms with van der Waals surface area (Å²) in [4.78, 5) is 50.3. The maximum Gasteiger partial charge on any atom is 0.352 e. The summed E-state index contributed by atoms with van der Waals surface area (Å²) >= 11 is 2.50. The number of hydrogen-bond donors (Lipinski definition) is 6. The van der Waals surface area contributed by atoms with Gasteiger partial charge in [-0.3, -0.25) is 19.9 Å². The Morgan fingerprint density at radius 1 is 1.36 bits per heavy atom. The molecule has 5 rings (SSSR count). The quantitative estimate of drug-likeness (QED) is 0.109. The van der Waals surface area contributed by atoms with Gasteiger partial charge in [0.15, 0.2) is 10.8 Å². The third kappa shape index (κ3) is 4.98. The highest BCUT2D eigenvalue weighted by atomic mass is 32.2. The molecule has 0 aromatic carbocycles. The van der Waals surface area contributed by atoms with Gasteiger partial charge in [0.25, 0.3) is 11.8 Å². The van der Waals surface area contributed by atoms with Gasteiger partial charge in [-0.1, -0.05) is 5.16 Å². The highest BCUT2D eigenvalue weighted by molar-refractivity contribution is 8.00. The van der Waals surface area contributed by atoms with Crippen LogP contribution in [0.2, 0.25) is 0 Å². The van der Waals surface area contributed by atoms with Gasteiger partial charge < -0.3 is 36.9 Å². The molecule has 5 heterocycles. The zero-order chi connectivity index (χ0) is 27.7. The number of nitrogens with two attached hydrogens (primary N) is 2. The number of rotatable bonds is 10. The van der Waals surface area contributed by atoms with Crippen LogP contribution in [-0.4, -0.2) is 92.3 Å². The van der Waals surface area contributed by atoms with Crippen molar-refractivity contribution in [3.05, 3.63) is 58.5 Å². The van der Waals surface area contributed by atoms with Crippen LogP contribution in [0.4, 0.5) is 5.13 Å². The molecule has 0 spiro atoms. The van der Waals surface area contributed by atoms with Gasteiger partial charge in [-0.05, 0) is 17.7 Å². The van der Waals surface area contributed by atoms with Crippen LogP contribution in [0.3, 0.4) is 0 Å². The Morgan fingerprint density at radius 2 is 2.18 bits per heavy atom.